The van der Waals surface area contributed by atoms with Crippen molar-refractivity contribution in [1.82, 2.24) is 4.98 Å². The molecule has 4 nitrogen and oxygen atoms in total. The first-order chi connectivity index (χ1) is 9.15. The van der Waals surface area contributed by atoms with Crippen molar-refractivity contribution in [2.45, 2.75) is 18.9 Å². The van der Waals surface area contributed by atoms with Crippen LogP contribution in [0.2, 0.25) is 0 Å². The quantitative estimate of drug-likeness (QED) is 0.911. The highest BCUT2D eigenvalue weighted by atomic mass is 79.9. The standard InChI is InChI=1S/C14H13BrN2O2/c15-9-6-8-2-1-3-12(13(8)16-7-9)17-11-5-4-10(11)14(18)19/h1-3,6-7,10-11,17H,4-5H2,(H,18,19). The number of carbonyl (C=O) groups is 1. The minimum atomic E-state index is -0.723. The lowest BCUT2D eigenvalue weighted by Gasteiger charge is -2.34. The van der Waals surface area contributed by atoms with E-state index in [-0.39, 0.29) is 12.0 Å². The molecule has 0 saturated heterocycles. The Bertz CT molecular complexity index is 644. The van der Waals surface area contributed by atoms with Crippen molar-refractivity contribution in [2.24, 2.45) is 5.92 Å². The van der Waals surface area contributed by atoms with Crippen LogP contribution < -0.4 is 5.32 Å². The zero-order valence-corrected chi connectivity index (χ0v) is 11.7. The number of aliphatic carboxylic acids is 1. The fourth-order valence-electron chi connectivity index (χ4n) is 2.42. The number of fused-ring (bicyclic) bond motifs is 1. The molecule has 2 atom stereocenters. The van der Waals surface area contributed by atoms with Crippen molar-refractivity contribution >= 4 is 38.5 Å². The molecule has 19 heavy (non-hydrogen) atoms. The van der Waals surface area contributed by atoms with E-state index in [1.165, 1.54) is 0 Å². The maximum absolute atomic E-state index is 11.0. The summed E-state index contributed by atoms with van der Waals surface area (Å²) >= 11 is 3.40. The zero-order valence-electron chi connectivity index (χ0n) is 10.1. The molecule has 1 aliphatic carbocycles. The summed E-state index contributed by atoms with van der Waals surface area (Å²) in [6.07, 6.45) is 3.39. The molecule has 1 aromatic heterocycles. The van der Waals surface area contributed by atoms with Crippen molar-refractivity contribution in [1.29, 1.82) is 0 Å². The molecule has 3 rings (SSSR count). The zero-order chi connectivity index (χ0) is 13.4. The van der Waals surface area contributed by atoms with E-state index in [0.29, 0.717) is 0 Å². The van der Waals surface area contributed by atoms with Gasteiger partial charge >= 0.3 is 5.97 Å². The van der Waals surface area contributed by atoms with Gasteiger partial charge in [-0.05, 0) is 40.9 Å². The van der Waals surface area contributed by atoms with Crippen LogP contribution in [0.25, 0.3) is 10.9 Å². The van der Waals surface area contributed by atoms with Crippen LogP contribution in [0.1, 0.15) is 12.8 Å². The maximum Gasteiger partial charge on any atom is 0.308 e. The van der Waals surface area contributed by atoms with Gasteiger partial charge in [0.1, 0.15) is 0 Å². The van der Waals surface area contributed by atoms with Gasteiger partial charge < -0.3 is 10.4 Å². The molecule has 0 aliphatic heterocycles. The average Bonchev–Trinajstić information content (AvgIpc) is 2.33. The number of benzene rings is 1. The van der Waals surface area contributed by atoms with Crippen LogP contribution in [0.4, 0.5) is 5.69 Å². The van der Waals surface area contributed by atoms with Crippen LogP contribution in [0.15, 0.2) is 34.9 Å². The van der Waals surface area contributed by atoms with E-state index in [1.54, 1.807) is 6.20 Å². The molecule has 2 aromatic rings. The third-order valence-corrected chi connectivity index (χ3v) is 4.04. The van der Waals surface area contributed by atoms with Crippen LogP contribution in [0.3, 0.4) is 0 Å². The van der Waals surface area contributed by atoms with Gasteiger partial charge in [-0.1, -0.05) is 12.1 Å². The summed E-state index contributed by atoms with van der Waals surface area (Å²) in [5.74, 6) is -1.01. The third-order valence-electron chi connectivity index (χ3n) is 3.61. The molecule has 1 aliphatic rings. The van der Waals surface area contributed by atoms with Crippen LogP contribution in [0.5, 0.6) is 0 Å². The molecule has 0 bridgehead atoms. The first-order valence-electron chi connectivity index (χ1n) is 6.19. The number of pyridine rings is 1. The van der Waals surface area contributed by atoms with Gasteiger partial charge in [-0.15, -0.1) is 0 Å². The summed E-state index contributed by atoms with van der Waals surface area (Å²) in [4.78, 5) is 15.4. The molecule has 1 heterocycles. The summed E-state index contributed by atoms with van der Waals surface area (Å²) in [7, 11) is 0. The fourth-order valence-corrected chi connectivity index (χ4v) is 2.77. The summed E-state index contributed by atoms with van der Waals surface area (Å²) in [5.41, 5.74) is 1.78. The molecule has 1 aromatic carbocycles. The maximum atomic E-state index is 11.0. The molecule has 1 fully saturated rings. The Morgan fingerprint density at radius 3 is 2.95 bits per heavy atom. The Kier molecular flexibility index (Phi) is 3.14. The Balaban J connectivity index is 1.91. The molecular formula is C14H13BrN2O2. The third kappa shape index (κ3) is 2.30. The van der Waals surface area contributed by atoms with E-state index >= 15 is 0 Å². The molecule has 1 saturated carbocycles. The number of nitrogens with one attached hydrogen (secondary N) is 1. The highest BCUT2D eigenvalue weighted by Gasteiger charge is 2.36. The predicted molar refractivity (Wildman–Crippen MR) is 77.2 cm³/mol. The number of aromatic nitrogens is 1. The SMILES string of the molecule is O=C(O)C1CCC1Nc1cccc2cc(Br)cnc12. The first kappa shape index (κ1) is 12.4. The summed E-state index contributed by atoms with van der Waals surface area (Å²) < 4.78 is 0.934. The van der Waals surface area contributed by atoms with Crippen LogP contribution in [-0.2, 0) is 4.79 Å². The minimum Gasteiger partial charge on any atom is -0.481 e. The number of carboxylic acid groups (broad SMARTS) is 1. The topological polar surface area (TPSA) is 62.2 Å². The highest BCUT2D eigenvalue weighted by Crippen LogP contribution is 2.33. The van der Waals surface area contributed by atoms with E-state index in [0.717, 1.165) is 33.9 Å². The molecule has 0 spiro atoms. The number of halogens is 1. The van der Waals surface area contributed by atoms with E-state index in [9.17, 15) is 4.79 Å². The first-order valence-corrected chi connectivity index (χ1v) is 6.98. The number of carboxylic acids is 1. The van der Waals surface area contributed by atoms with Gasteiger partial charge in [0.05, 0.1) is 17.1 Å². The molecule has 5 heteroatoms. The van der Waals surface area contributed by atoms with Crippen molar-refractivity contribution in [2.75, 3.05) is 5.32 Å². The van der Waals surface area contributed by atoms with Gasteiger partial charge in [0.2, 0.25) is 0 Å². The monoisotopic (exact) mass is 320 g/mol. The molecular weight excluding hydrogens is 308 g/mol. The second-order valence-electron chi connectivity index (χ2n) is 4.80. The average molecular weight is 321 g/mol. The number of para-hydroxylation sites is 1. The lowest BCUT2D eigenvalue weighted by molar-refractivity contribution is -0.144. The Morgan fingerprint density at radius 2 is 2.26 bits per heavy atom. The molecule has 0 amide bonds. The fraction of sp³-hybridized carbons (Fsp3) is 0.286. The molecule has 2 N–H and O–H groups in total. The van der Waals surface area contributed by atoms with E-state index < -0.39 is 5.97 Å². The second-order valence-corrected chi connectivity index (χ2v) is 5.72. The molecule has 2 unspecified atom stereocenters. The largest absolute Gasteiger partial charge is 0.481 e. The smallest absolute Gasteiger partial charge is 0.308 e. The predicted octanol–water partition coefficient (Wildman–Crippen LogP) is 3.27. The minimum absolute atomic E-state index is 0.00791. The van der Waals surface area contributed by atoms with Crippen molar-refractivity contribution in [3.63, 3.8) is 0 Å². The number of hydrogen-bond acceptors (Lipinski definition) is 3. The van der Waals surface area contributed by atoms with Crippen molar-refractivity contribution < 1.29 is 9.90 Å². The number of anilines is 1. The molecule has 0 radical (unpaired) electrons. The van der Waals surface area contributed by atoms with Crippen LogP contribution in [-0.4, -0.2) is 22.1 Å². The normalized spacial score (nSPS) is 21.9. The van der Waals surface area contributed by atoms with Gasteiger partial charge in [-0.25, -0.2) is 0 Å². The van der Waals surface area contributed by atoms with E-state index in [4.69, 9.17) is 5.11 Å². The van der Waals surface area contributed by atoms with Crippen molar-refractivity contribution in [3.8, 4) is 0 Å². The van der Waals surface area contributed by atoms with Gasteiger partial charge in [0, 0.05) is 22.1 Å². The lowest BCUT2D eigenvalue weighted by atomic mass is 9.79. The van der Waals surface area contributed by atoms with Gasteiger partial charge in [0.15, 0.2) is 0 Å². The number of hydrogen-bond donors (Lipinski definition) is 2. The van der Waals surface area contributed by atoms with Gasteiger partial charge in [0.25, 0.3) is 0 Å². The number of nitrogens with zero attached hydrogens (tertiary/aromatic N) is 1. The summed E-state index contributed by atoms with van der Waals surface area (Å²) in [6, 6.07) is 7.90. The van der Waals surface area contributed by atoms with Crippen molar-refractivity contribution in [3.05, 3.63) is 34.9 Å². The van der Waals surface area contributed by atoms with Gasteiger partial charge in [-0.2, -0.15) is 0 Å². The lowest BCUT2D eigenvalue weighted by Crippen LogP contribution is -2.43. The summed E-state index contributed by atoms with van der Waals surface area (Å²) in [6.45, 7) is 0. The Morgan fingerprint density at radius 1 is 1.42 bits per heavy atom. The Labute approximate surface area is 119 Å². The summed E-state index contributed by atoms with van der Waals surface area (Å²) in [5, 5.41) is 13.4. The highest BCUT2D eigenvalue weighted by molar-refractivity contribution is 9.10. The molecule has 98 valence electrons. The van der Waals surface area contributed by atoms with E-state index in [1.807, 2.05) is 24.3 Å². The van der Waals surface area contributed by atoms with Crippen LogP contribution >= 0.6 is 15.9 Å². The second kappa shape index (κ2) is 4.81. The van der Waals surface area contributed by atoms with Gasteiger partial charge in [-0.3, -0.25) is 9.78 Å². The Hall–Kier alpha value is -1.62. The number of rotatable bonds is 3. The van der Waals surface area contributed by atoms with Crippen LogP contribution in [0, 0.1) is 5.92 Å². The van der Waals surface area contributed by atoms with E-state index in [2.05, 4.69) is 26.2 Å².